The topological polar surface area (TPSA) is 50.9 Å². The van der Waals surface area contributed by atoms with Gasteiger partial charge in [-0.2, -0.15) is 0 Å². The Morgan fingerprint density at radius 2 is 2.15 bits per heavy atom. The lowest BCUT2D eigenvalue weighted by Gasteiger charge is -2.12. The van der Waals surface area contributed by atoms with Gasteiger partial charge < -0.3 is 11.1 Å². The molecule has 4 heteroatoms. The van der Waals surface area contributed by atoms with Crippen molar-refractivity contribution in [3.63, 3.8) is 0 Å². The fourth-order valence-electron chi connectivity index (χ4n) is 2.30. The number of pyridine rings is 1. The molecule has 108 valence electrons. The number of fused-ring (bicyclic) bond motifs is 1. The molecule has 0 radical (unpaired) electrons. The van der Waals surface area contributed by atoms with E-state index in [9.17, 15) is 4.39 Å². The molecule has 0 aliphatic carbocycles. The van der Waals surface area contributed by atoms with E-state index in [-0.39, 0.29) is 5.82 Å². The molecule has 3 N–H and O–H groups in total. The van der Waals surface area contributed by atoms with Crippen molar-refractivity contribution in [1.29, 1.82) is 0 Å². The third-order valence-electron chi connectivity index (χ3n) is 3.39. The normalized spacial score (nSPS) is 11.2. The van der Waals surface area contributed by atoms with Crippen molar-refractivity contribution < 1.29 is 4.39 Å². The average molecular weight is 275 g/mol. The van der Waals surface area contributed by atoms with Crippen LogP contribution in [0.2, 0.25) is 0 Å². The van der Waals surface area contributed by atoms with Gasteiger partial charge in [-0.25, -0.2) is 4.39 Å². The van der Waals surface area contributed by atoms with Crippen molar-refractivity contribution in [2.24, 2.45) is 5.92 Å². The Morgan fingerprint density at radius 3 is 2.90 bits per heavy atom. The van der Waals surface area contributed by atoms with E-state index in [1.165, 1.54) is 12.5 Å². The Hall–Kier alpha value is -1.84. The molecule has 0 saturated heterocycles. The van der Waals surface area contributed by atoms with Gasteiger partial charge in [-0.15, -0.1) is 0 Å². The number of aromatic nitrogens is 1. The Kier molecular flexibility index (Phi) is 4.77. The first kappa shape index (κ1) is 14.6. The van der Waals surface area contributed by atoms with E-state index < -0.39 is 0 Å². The van der Waals surface area contributed by atoms with E-state index >= 15 is 0 Å². The number of hydrogen-bond acceptors (Lipinski definition) is 3. The van der Waals surface area contributed by atoms with Gasteiger partial charge in [0.05, 0.1) is 11.2 Å². The van der Waals surface area contributed by atoms with Crippen LogP contribution in [0.25, 0.3) is 10.9 Å². The molecular weight excluding hydrogens is 253 g/mol. The highest BCUT2D eigenvalue weighted by Crippen LogP contribution is 2.29. The molecule has 0 spiro atoms. The Bertz CT molecular complexity index is 581. The standard InChI is InChI=1S/C16H22FN3/c1-11(2)6-3-4-8-20-16-13(17)10-14(18)12-7-5-9-19-15(12)16/h5,7,9-11,20H,3-4,6,8,18H2,1-2H3. The highest BCUT2D eigenvalue weighted by molar-refractivity contribution is 5.98. The summed E-state index contributed by atoms with van der Waals surface area (Å²) in [6.45, 7) is 5.17. The summed E-state index contributed by atoms with van der Waals surface area (Å²) in [4.78, 5) is 4.25. The summed E-state index contributed by atoms with van der Waals surface area (Å²) in [5.41, 5.74) is 7.32. The number of rotatable bonds is 6. The van der Waals surface area contributed by atoms with Crippen LogP contribution in [-0.4, -0.2) is 11.5 Å². The van der Waals surface area contributed by atoms with Gasteiger partial charge in [0.25, 0.3) is 0 Å². The van der Waals surface area contributed by atoms with Crippen LogP contribution in [0.15, 0.2) is 24.4 Å². The van der Waals surface area contributed by atoms with Gasteiger partial charge in [0.2, 0.25) is 0 Å². The summed E-state index contributed by atoms with van der Waals surface area (Å²) in [6, 6.07) is 5.03. The minimum atomic E-state index is -0.336. The fourth-order valence-corrected chi connectivity index (χ4v) is 2.30. The lowest BCUT2D eigenvalue weighted by molar-refractivity contribution is 0.544. The zero-order chi connectivity index (χ0) is 14.5. The largest absolute Gasteiger partial charge is 0.398 e. The van der Waals surface area contributed by atoms with Crippen LogP contribution in [0.1, 0.15) is 33.1 Å². The lowest BCUT2D eigenvalue weighted by atomic mass is 10.1. The number of benzene rings is 1. The summed E-state index contributed by atoms with van der Waals surface area (Å²) in [5.74, 6) is 0.378. The fraction of sp³-hybridized carbons (Fsp3) is 0.438. The molecule has 0 aliphatic heterocycles. The molecule has 1 aromatic carbocycles. The number of nitrogens with two attached hydrogens (primary N) is 1. The van der Waals surface area contributed by atoms with Crippen LogP contribution in [-0.2, 0) is 0 Å². The van der Waals surface area contributed by atoms with Crippen molar-refractivity contribution in [1.82, 2.24) is 4.98 Å². The number of halogens is 1. The molecule has 20 heavy (non-hydrogen) atoms. The van der Waals surface area contributed by atoms with Crippen molar-refractivity contribution in [2.75, 3.05) is 17.6 Å². The zero-order valence-electron chi connectivity index (χ0n) is 12.1. The predicted octanol–water partition coefficient (Wildman–Crippen LogP) is 4.19. The summed E-state index contributed by atoms with van der Waals surface area (Å²) in [7, 11) is 0. The third-order valence-corrected chi connectivity index (χ3v) is 3.39. The second kappa shape index (κ2) is 6.55. The van der Waals surface area contributed by atoms with E-state index in [1.807, 2.05) is 12.1 Å². The molecular formula is C16H22FN3. The van der Waals surface area contributed by atoms with Gasteiger partial charge in [0.15, 0.2) is 5.82 Å². The first-order valence-corrected chi connectivity index (χ1v) is 7.16. The van der Waals surface area contributed by atoms with Gasteiger partial charge >= 0.3 is 0 Å². The molecule has 0 atom stereocenters. The summed E-state index contributed by atoms with van der Waals surface area (Å²) >= 11 is 0. The SMILES string of the molecule is CC(C)CCCCNc1c(F)cc(N)c2cccnc12. The van der Waals surface area contributed by atoms with E-state index in [2.05, 4.69) is 24.1 Å². The molecule has 0 amide bonds. The Morgan fingerprint density at radius 1 is 1.35 bits per heavy atom. The maximum absolute atomic E-state index is 14.0. The monoisotopic (exact) mass is 275 g/mol. The smallest absolute Gasteiger partial charge is 0.150 e. The van der Waals surface area contributed by atoms with Crippen LogP contribution in [0.5, 0.6) is 0 Å². The second-order valence-corrected chi connectivity index (χ2v) is 5.54. The van der Waals surface area contributed by atoms with Crippen LogP contribution in [0.4, 0.5) is 15.8 Å². The van der Waals surface area contributed by atoms with Gasteiger partial charge in [-0.05, 0) is 30.5 Å². The molecule has 0 aliphatic rings. The zero-order valence-corrected chi connectivity index (χ0v) is 12.1. The average Bonchev–Trinajstić information content (AvgIpc) is 2.41. The van der Waals surface area contributed by atoms with Crippen LogP contribution < -0.4 is 11.1 Å². The van der Waals surface area contributed by atoms with Gasteiger partial charge in [0.1, 0.15) is 0 Å². The molecule has 0 unspecified atom stereocenters. The maximum atomic E-state index is 14.0. The van der Waals surface area contributed by atoms with E-state index in [1.54, 1.807) is 6.20 Å². The number of nitrogens with one attached hydrogen (secondary N) is 1. The highest BCUT2D eigenvalue weighted by Gasteiger charge is 2.11. The Labute approximate surface area is 119 Å². The summed E-state index contributed by atoms with van der Waals surface area (Å²) in [6.07, 6.45) is 5.03. The predicted molar refractivity (Wildman–Crippen MR) is 83.3 cm³/mol. The lowest BCUT2D eigenvalue weighted by Crippen LogP contribution is -2.06. The molecule has 1 aromatic heterocycles. The highest BCUT2D eigenvalue weighted by atomic mass is 19.1. The molecule has 3 nitrogen and oxygen atoms in total. The van der Waals surface area contributed by atoms with Crippen molar-refractivity contribution >= 4 is 22.3 Å². The summed E-state index contributed by atoms with van der Waals surface area (Å²) in [5, 5.41) is 3.95. The first-order chi connectivity index (χ1) is 9.59. The number of anilines is 2. The molecule has 0 bridgehead atoms. The Balaban J connectivity index is 2.10. The van der Waals surface area contributed by atoms with Gasteiger partial charge in [-0.3, -0.25) is 4.98 Å². The number of nitrogens with zero attached hydrogens (tertiary/aromatic N) is 1. The van der Waals surface area contributed by atoms with Crippen LogP contribution in [0.3, 0.4) is 0 Å². The quantitative estimate of drug-likeness (QED) is 0.614. The minimum Gasteiger partial charge on any atom is -0.398 e. The molecule has 0 fully saturated rings. The van der Waals surface area contributed by atoms with E-state index in [4.69, 9.17) is 5.73 Å². The molecule has 0 saturated carbocycles. The third kappa shape index (κ3) is 3.38. The first-order valence-electron chi connectivity index (χ1n) is 7.16. The van der Waals surface area contributed by atoms with Crippen molar-refractivity contribution in [2.45, 2.75) is 33.1 Å². The second-order valence-electron chi connectivity index (χ2n) is 5.54. The van der Waals surface area contributed by atoms with Gasteiger partial charge in [-0.1, -0.05) is 26.7 Å². The number of nitrogen functional groups attached to an aromatic ring is 1. The molecule has 2 rings (SSSR count). The number of hydrogen-bond donors (Lipinski definition) is 2. The summed E-state index contributed by atoms with van der Waals surface area (Å²) < 4.78 is 14.0. The number of unbranched alkanes of at least 4 members (excludes halogenated alkanes) is 1. The van der Waals surface area contributed by atoms with E-state index in [0.717, 1.165) is 24.8 Å². The van der Waals surface area contributed by atoms with E-state index in [0.29, 0.717) is 22.8 Å². The van der Waals surface area contributed by atoms with Gasteiger partial charge in [0, 0.05) is 23.8 Å². The maximum Gasteiger partial charge on any atom is 0.150 e. The van der Waals surface area contributed by atoms with Crippen molar-refractivity contribution in [3.8, 4) is 0 Å². The minimum absolute atomic E-state index is 0.336. The van der Waals surface area contributed by atoms with Crippen LogP contribution in [0, 0.1) is 11.7 Å². The molecule has 2 aromatic rings. The van der Waals surface area contributed by atoms with Crippen molar-refractivity contribution in [3.05, 3.63) is 30.2 Å². The molecule has 1 heterocycles. The van der Waals surface area contributed by atoms with Crippen LogP contribution >= 0.6 is 0 Å².